The number of hydrogen-bond donors (Lipinski definition) is 3. The number of aromatic nitrogens is 1. The third-order valence-corrected chi connectivity index (χ3v) is 6.22. The first-order chi connectivity index (χ1) is 16.5. The maximum atomic E-state index is 13.5. The molecule has 2 aromatic rings. The second kappa shape index (κ2) is 10.4. The number of piperidine rings is 1. The molecule has 2 saturated heterocycles. The van der Waals surface area contributed by atoms with Crippen LogP contribution in [0.25, 0.3) is 0 Å². The number of benzene rings is 1. The lowest BCUT2D eigenvalue weighted by molar-refractivity contribution is -0.150. The van der Waals surface area contributed by atoms with Gasteiger partial charge in [-0.2, -0.15) is 0 Å². The SMILES string of the molecule is O=C(NO)[C@H]1C[C@H](Oc2ccccn2)CN(C(=O)O)[C@@H]1C(=O)N1CCN(c2ccccc2)CC1. The van der Waals surface area contributed by atoms with Crippen molar-refractivity contribution in [2.24, 2.45) is 5.92 Å². The Labute approximate surface area is 196 Å². The molecule has 2 aliphatic rings. The summed E-state index contributed by atoms with van der Waals surface area (Å²) in [6.45, 7) is 1.83. The lowest BCUT2D eigenvalue weighted by atomic mass is 9.86. The number of para-hydroxylation sites is 1. The fourth-order valence-electron chi connectivity index (χ4n) is 4.56. The minimum absolute atomic E-state index is 0.0487. The van der Waals surface area contributed by atoms with E-state index in [0.717, 1.165) is 10.6 Å². The van der Waals surface area contributed by atoms with E-state index in [2.05, 4.69) is 9.88 Å². The predicted octanol–water partition coefficient (Wildman–Crippen LogP) is 1.05. The molecule has 34 heavy (non-hydrogen) atoms. The number of anilines is 1. The molecule has 11 nitrogen and oxygen atoms in total. The minimum Gasteiger partial charge on any atom is -0.472 e. The Balaban J connectivity index is 1.50. The van der Waals surface area contributed by atoms with Crippen LogP contribution in [-0.2, 0) is 9.59 Å². The van der Waals surface area contributed by atoms with Gasteiger partial charge < -0.3 is 19.6 Å². The standard InChI is InChI=1S/C23H27N5O6/c29-21(25-33)18-14-17(34-19-8-4-5-9-24-19)15-28(23(31)32)20(18)22(30)27-12-10-26(11-13-27)16-6-2-1-3-7-16/h1-9,17-18,20,33H,10-15H2,(H,25,29)(H,31,32)/t17-,18-,20-/m0/s1. The molecule has 3 heterocycles. The van der Waals surface area contributed by atoms with Gasteiger partial charge in [0.25, 0.3) is 0 Å². The Kier molecular flexibility index (Phi) is 7.12. The number of amides is 3. The zero-order valence-corrected chi connectivity index (χ0v) is 18.5. The van der Waals surface area contributed by atoms with Crippen LogP contribution in [-0.4, -0.2) is 87.9 Å². The average molecular weight is 469 g/mol. The van der Waals surface area contributed by atoms with Crippen molar-refractivity contribution in [2.75, 3.05) is 37.6 Å². The van der Waals surface area contributed by atoms with Gasteiger partial charge in [-0.15, -0.1) is 0 Å². The fraction of sp³-hybridized carbons (Fsp3) is 0.391. The fourth-order valence-corrected chi connectivity index (χ4v) is 4.56. The number of hydroxylamine groups is 1. The smallest absolute Gasteiger partial charge is 0.408 e. The van der Waals surface area contributed by atoms with Crippen LogP contribution in [0.1, 0.15) is 6.42 Å². The normalized spacial score (nSPS) is 22.7. The number of nitrogens with one attached hydrogen (secondary N) is 1. The quantitative estimate of drug-likeness (QED) is 0.437. The molecule has 2 aliphatic heterocycles. The Hall–Kier alpha value is -3.86. The predicted molar refractivity (Wildman–Crippen MR) is 120 cm³/mol. The van der Waals surface area contributed by atoms with Gasteiger partial charge in [0.1, 0.15) is 12.1 Å². The molecular weight excluding hydrogens is 442 g/mol. The van der Waals surface area contributed by atoms with Crippen molar-refractivity contribution in [1.29, 1.82) is 0 Å². The van der Waals surface area contributed by atoms with Crippen molar-refractivity contribution in [3.8, 4) is 5.88 Å². The van der Waals surface area contributed by atoms with Crippen molar-refractivity contribution in [3.05, 3.63) is 54.7 Å². The summed E-state index contributed by atoms with van der Waals surface area (Å²) in [4.78, 5) is 46.9. The molecule has 0 saturated carbocycles. The van der Waals surface area contributed by atoms with E-state index in [1.807, 2.05) is 30.3 Å². The van der Waals surface area contributed by atoms with Gasteiger partial charge in [-0.3, -0.25) is 19.7 Å². The van der Waals surface area contributed by atoms with E-state index in [-0.39, 0.29) is 18.8 Å². The van der Waals surface area contributed by atoms with Crippen LogP contribution < -0.4 is 15.1 Å². The monoisotopic (exact) mass is 469 g/mol. The number of rotatable bonds is 5. The van der Waals surface area contributed by atoms with Crippen molar-refractivity contribution in [1.82, 2.24) is 20.3 Å². The molecular formula is C23H27N5O6. The highest BCUT2D eigenvalue weighted by atomic mass is 16.5. The van der Waals surface area contributed by atoms with Gasteiger partial charge in [0.2, 0.25) is 17.7 Å². The largest absolute Gasteiger partial charge is 0.472 e. The van der Waals surface area contributed by atoms with Crippen LogP contribution in [0.4, 0.5) is 10.5 Å². The van der Waals surface area contributed by atoms with Crippen LogP contribution in [0.5, 0.6) is 5.88 Å². The molecule has 2 fully saturated rings. The molecule has 11 heteroatoms. The number of piperazine rings is 1. The number of carboxylic acid groups (broad SMARTS) is 1. The van der Waals surface area contributed by atoms with E-state index in [0.29, 0.717) is 26.2 Å². The molecule has 0 unspecified atom stereocenters. The molecule has 0 aliphatic carbocycles. The zero-order valence-electron chi connectivity index (χ0n) is 18.5. The number of hydrogen-bond acceptors (Lipinski definition) is 7. The summed E-state index contributed by atoms with van der Waals surface area (Å²) < 4.78 is 5.79. The van der Waals surface area contributed by atoms with Crippen LogP contribution in [0.2, 0.25) is 0 Å². The molecule has 3 atom stereocenters. The highest BCUT2D eigenvalue weighted by Gasteiger charge is 2.48. The van der Waals surface area contributed by atoms with Gasteiger partial charge in [0.05, 0.1) is 12.5 Å². The maximum Gasteiger partial charge on any atom is 0.408 e. The molecule has 3 amide bonds. The summed E-state index contributed by atoms with van der Waals surface area (Å²) in [6, 6.07) is 13.6. The first-order valence-electron chi connectivity index (χ1n) is 11.1. The van der Waals surface area contributed by atoms with Gasteiger partial charge in [0.15, 0.2) is 0 Å². The van der Waals surface area contributed by atoms with Gasteiger partial charge in [0, 0.05) is 50.6 Å². The Bertz CT molecular complexity index is 999. The maximum absolute atomic E-state index is 13.5. The van der Waals surface area contributed by atoms with Crippen molar-refractivity contribution in [3.63, 3.8) is 0 Å². The molecule has 1 aromatic heterocycles. The van der Waals surface area contributed by atoms with Gasteiger partial charge in [-0.25, -0.2) is 15.3 Å². The lowest BCUT2D eigenvalue weighted by Crippen LogP contribution is -2.64. The van der Waals surface area contributed by atoms with Gasteiger partial charge >= 0.3 is 6.09 Å². The van der Waals surface area contributed by atoms with E-state index in [1.165, 1.54) is 6.20 Å². The topological polar surface area (TPSA) is 136 Å². The molecule has 0 bridgehead atoms. The highest BCUT2D eigenvalue weighted by Crippen LogP contribution is 2.29. The van der Waals surface area contributed by atoms with Crippen molar-refractivity contribution >= 4 is 23.6 Å². The van der Waals surface area contributed by atoms with Crippen LogP contribution >= 0.6 is 0 Å². The van der Waals surface area contributed by atoms with Gasteiger partial charge in [-0.05, 0) is 18.2 Å². The van der Waals surface area contributed by atoms with Crippen LogP contribution in [0, 0.1) is 5.92 Å². The number of carbonyl (C=O) groups excluding carboxylic acids is 2. The highest BCUT2D eigenvalue weighted by molar-refractivity contribution is 5.92. The molecule has 4 rings (SSSR count). The molecule has 3 N–H and O–H groups in total. The third kappa shape index (κ3) is 5.04. The van der Waals surface area contributed by atoms with E-state index in [4.69, 9.17) is 4.74 Å². The first kappa shape index (κ1) is 23.3. The number of pyridine rings is 1. The number of nitrogens with zero attached hydrogens (tertiary/aromatic N) is 4. The third-order valence-electron chi connectivity index (χ3n) is 6.22. The van der Waals surface area contributed by atoms with E-state index >= 15 is 0 Å². The second-order valence-electron chi connectivity index (χ2n) is 8.25. The first-order valence-corrected chi connectivity index (χ1v) is 11.1. The van der Waals surface area contributed by atoms with Crippen LogP contribution in [0.15, 0.2) is 54.7 Å². The minimum atomic E-state index is -1.34. The molecule has 0 spiro atoms. The van der Waals surface area contributed by atoms with E-state index < -0.39 is 36.0 Å². The number of ether oxygens (including phenoxy) is 1. The summed E-state index contributed by atoms with van der Waals surface area (Å²) in [5.41, 5.74) is 2.63. The Morgan fingerprint density at radius 1 is 1.00 bits per heavy atom. The Morgan fingerprint density at radius 2 is 1.71 bits per heavy atom. The van der Waals surface area contributed by atoms with Crippen molar-refractivity contribution in [2.45, 2.75) is 18.6 Å². The zero-order chi connectivity index (χ0) is 24.1. The van der Waals surface area contributed by atoms with Gasteiger partial charge in [-0.1, -0.05) is 24.3 Å². The summed E-state index contributed by atoms with van der Waals surface area (Å²) in [5, 5.41) is 19.2. The summed E-state index contributed by atoms with van der Waals surface area (Å²) in [6.07, 6.45) is -0.474. The van der Waals surface area contributed by atoms with Crippen molar-refractivity contribution < 1.29 is 29.4 Å². The second-order valence-corrected chi connectivity index (χ2v) is 8.25. The summed E-state index contributed by atoms with van der Waals surface area (Å²) >= 11 is 0. The van der Waals surface area contributed by atoms with E-state index in [9.17, 15) is 24.7 Å². The lowest BCUT2D eigenvalue weighted by Gasteiger charge is -2.44. The van der Waals surface area contributed by atoms with Crippen LogP contribution in [0.3, 0.4) is 0 Å². The average Bonchev–Trinajstić information content (AvgIpc) is 2.88. The molecule has 180 valence electrons. The molecule has 0 radical (unpaired) electrons. The Morgan fingerprint density at radius 3 is 2.32 bits per heavy atom. The van der Waals surface area contributed by atoms with E-state index in [1.54, 1.807) is 28.6 Å². The number of carbonyl (C=O) groups is 3. The summed E-state index contributed by atoms with van der Waals surface area (Å²) in [7, 11) is 0. The molecule has 1 aromatic carbocycles. The summed E-state index contributed by atoms with van der Waals surface area (Å²) in [5.74, 6) is -2.13. The number of likely N-dealkylation sites (tertiary alicyclic amines) is 1.